The summed E-state index contributed by atoms with van der Waals surface area (Å²) in [6.07, 6.45) is -4.85. The van der Waals surface area contributed by atoms with Gasteiger partial charge in [0.2, 0.25) is 0 Å². The first-order chi connectivity index (χ1) is 9.70. The van der Waals surface area contributed by atoms with E-state index in [4.69, 9.17) is 5.73 Å². The topological polar surface area (TPSA) is 82.0 Å². The van der Waals surface area contributed by atoms with Crippen LogP contribution in [0.5, 0.6) is 0 Å². The van der Waals surface area contributed by atoms with Gasteiger partial charge >= 0.3 is 6.18 Å². The highest BCUT2D eigenvalue weighted by atomic mass is 19.4. The minimum absolute atomic E-state index is 0.0732. The number of nitro groups is 1. The fourth-order valence-electron chi connectivity index (χ4n) is 1.72. The Morgan fingerprint density at radius 2 is 1.86 bits per heavy atom. The number of anilines is 1. The molecule has 9 heteroatoms. The summed E-state index contributed by atoms with van der Waals surface area (Å²) in [6, 6.07) is 4.16. The zero-order valence-corrected chi connectivity index (χ0v) is 10.2. The van der Waals surface area contributed by atoms with Crippen molar-refractivity contribution in [1.29, 1.82) is 0 Å². The van der Waals surface area contributed by atoms with E-state index in [2.05, 4.69) is 4.98 Å². The molecule has 2 N–H and O–H groups in total. The summed E-state index contributed by atoms with van der Waals surface area (Å²) in [5.41, 5.74) is 2.99. The van der Waals surface area contributed by atoms with E-state index in [1.807, 2.05) is 0 Å². The van der Waals surface area contributed by atoms with Crippen molar-refractivity contribution in [2.75, 3.05) is 5.73 Å². The van der Waals surface area contributed by atoms with Gasteiger partial charge in [-0.1, -0.05) is 6.07 Å². The Labute approximate surface area is 115 Å². The van der Waals surface area contributed by atoms with Gasteiger partial charge in [0, 0.05) is 11.6 Å². The Hall–Kier alpha value is -2.71. The Morgan fingerprint density at radius 1 is 1.19 bits per heavy atom. The van der Waals surface area contributed by atoms with Crippen LogP contribution in [0.2, 0.25) is 0 Å². The summed E-state index contributed by atoms with van der Waals surface area (Å²) >= 11 is 0. The number of alkyl halides is 3. The maximum Gasteiger partial charge on any atom is 0.419 e. The van der Waals surface area contributed by atoms with Crippen LogP contribution in [-0.4, -0.2) is 9.91 Å². The van der Waals surface area contributed by atoms with Crippen LogP contribution in [-0.2, 0) is 6.18 Å². The van der Waals surface area contributed by atoms with Crippen molar-refractivity contribution in [2.45, 2.75) is 6.18 Å². The quantitative estimate of drug-likeness (QED) is 0.523. The van der Waals surface area contributed by atoms with Gasteiger partial charge in [0.25, 0.3) is 5.69 Å². The average Bonchev–Trinajstić information content (AvgIpc) is 2.36. The lowest BCUT2D eigenvalue weighted by Crippen LogP contribution is -2.08. The van der Waals surface area contributed by atoms with Crippen LogP contribution in [0, 0.1) is 15.9 Å². The maximum atomic E-state index is 13.5. The number of nitrogens with zero attached hydrogens (tertiary/aromatic N) is 2. The average molecular weight is 301 g/mol. The van der Waals surface area contributed by atoms with Crippen LogP contribution in [0.15, 0.2) is 30.3 Å². The molecule has 0 atom stereocenters. The van der Waals surface area contributed by atoms with Crippen molar-refractivity contribution in [1.82, 2.24) is 4.98 Å². The van der Waals surface area contributed by atoms with E-state index in [-0.39, 0.29) is 17.1 Å². The van der Waals surface area contributed by atoms with Gasteiger partial charge in [-0.05, 0) is 18.2 Å². The molecule has 0 radical (unpaired) electrons. The largest absolute Gasteiger partial charge is 0.419 e. The minimum atomic E-state index is -4.85. The highest BCUT2D eigenvalue weighted by Gasteiger charge is 2.34. The van der Waals surface area contributed by atoms with E-state index in [9.17, 15) is 27.7 Å². The normalized spacial score (nSPS) is 11.4. The van der Waals surface area contributed by atoms with Crippen molar-refractivity contribution in [3.05, 3.63) is 51.8 Å². The van der Waals surface area contributed by atoms with E-state index in [1.54, 1.807) is 0 Å². The molecule has 0 aliphatic heterocycles. The molecule has 2 aromatic rings. The van der Waals surface area contributed by atoms with E-state index in [1.165, 1.54) is 6.07 Å². The Morgan fingerprint density at radius 3 is 2.38 bits per heavy atom. The fourth-order valence-corrected chi connectivity index (χ4v) is 1.72. The van der Waals surface area contributed by atoms with Gasteiger partial charge in [0.1, 0.15) is 11.6 Å². The van der Waals surface area contributed by atoms with Crippen molar-refractivity contribution in [2.24, 2.45) is 0 Å². The van der Waals surface area contributed by atoms with Gasteiger partial charge in [-0.15, -0.1) is 0 Å². The van der Waals surface area contributed by atoms with Crippen molar-refractivity contribution < 1.29 is 22.5 Å². The van der Waals surface area contributed by atoms with Gasteiger partial charge in [0.15, 0.2) is 5.69 Å². The predicted octanol–water partition coefficient (Wildman–Crippen LogP) is 3.40. The molecule has 2 rings (SSSR count). The second-order valence-electron chi connectivity index (χ2n) is 4.05. The Bertz CT molecular complexity index is 716. The van der Waals surface area contributed by atoms with Crippen LogP contribution in [0.3, 0.4) is 0 Å². The smallest absolute Gasteiger partial charge is 0.384 e. The molecule has 0 saturated heterocycles. The first-order valence-electron chi connectivity index (χ1n) is 5.48. The molecular formula is C12H7F4N3O2. The lowest BCUT2D eigenvalue weighted by atomic mass is 10.1. The van der Waals surface area contributed by atoms with E-state index in [0.29, 0.717) is 12.1 Å². The number of benzene rings is 1. The number of halogens is 4. The molecule has 0 aliphatic carbocycles. The zero-order chi connectivity index (χ0) is 15.8. The van der Waals surface area contributed by atoms with Gasteiger partial charge in [-0.25, -0.2) is 9.37 Å². The molecule has 0 amide bonds. The standard InChI is InChI=1S/C12H7F4N3O2/c13-8-5-6(1-2-7(8)12(14,15)16)11-9(19(20)21)3-4-10(17)18-11/h1-5H,(H2,17,18). The number of hydrogen-bond donors (Lipinski definition) is 1. The van der Waals surface area contributed by atoms with Crippen LogP contribution < -0.4 is 5.73 Å². The van der Waals surface area contributed by atoms with Crippen molar-refractivity contribution in [3.8, 4) is 11.3 Å². The van der Waals surface area contributed by atoms with Crippen LogP contribution >= 0.6 is 0 Å². The van der Waals surface area contributed by atoms with Gasteiger partial charge in [-0.3, -0.25) is 10.1 Å². The monoisotopic (exact) mass is 301 g/mol. The first-order valence-corrected chi connectivity index (χ1v) is 5.48. The maximum absolute atomic E-state index is 13.5. The third kappa shape index (κ3) is 2.91. The zero-order valence-electron chi connectivity index (χ0n) is 10.2. The molecule has 0 aliphatic rings. The highest BCUT2D eigenvalue weighted by Crippen LogP contribution is 2.35. The molecular weight excluding hydrogens is 294 g/mol. The van der Waals surface area contributed by atoms with Gasteiger partial charge in [-0.2, -0.15) is 13.2 Å². The van der Waals surface area contributed by atoms with E-state index >= 15 is 0 Å². The lowest BCUT2D eigenvalue weighted by Gasteiger charge is -2.09. The molecule has 110 valence electrons. The third-order valence-electron chi connectivity index (χ3n) is 2.64. The number of nitrogen functional groups attached to an aromatic ring is 1. The SMILES string of the molecule is Nc1ccc([N+](=O)[O-])c(-c2ccc(C(F)(F)F)c(F)c2)n1. The van der Waals surface area contributed by atoms with Crippen LogP contribution in [0.1, 0.15) is 5.56 Å². The number of pyridine rings is 1. The molecule has 21 heavy (non-hydrogen) atoms. The summed E-state index contributed by atoms with van der Waals surface area (Å²) < 4.78 is 50.9. The second kappa shape index (κ2) is 5.00. The Balaban J connectivity index is 2.61. The minimum Gasteiger partial charge on any atom is -0.384 e. The summed E-state index contributed by atoms with van der Waals surface area (Å²) in [7, 11) is 0. The van der Waals surface area contributed by atoms with E-state index in [0.717, 1.165) is 12.1 Å². The molecule has 1 aromatic heterocycles. The summed E-state index contributed by atoms with van der Waals surface area (Å²) in [4.78, 5) is 13.8. The molecule has 0 spiro atoms. The molecule has 0 bridgehead atoms. The highest BCUT2D eigenvalue weighted by molar-refractivity contribution is 5.71. The molecule has 1 heterocycles. The van der Waals surface area contributed by atoms with E-state index < -0.39 is 28.2 Å². The van der Waals surface area contributed by atoms with Crippen LogP contribution in [0.4, 0.5) is 29.1 Å². The number of hydrogen-bond acceptors (Lipinski definition) is 4. The summed E-state index contributed by atoms with van der Waals surface area (Å²) in [5, 5.41) is 10.9. The summed E-state index contributed by atoms with van der Waals surface area (Å²) in [5.74, 6) is -1.62. The second-order valence-corrected chi connectivity index (χ2v) is 4.05. The van der Waals surface area contributed by atoms with Crippen molar-refractivity contribution >= 4 is 11.5 Å². The lowest BCUT2D eigenvalue weighted by molar-refractivity contribution is -0.384. The van der Waals surface area contributed by atoms with Crippen LogP contribution in [0.25, 0.3) is 11.3 Å². The van der Waals surface area contributed by atoms with Gasteiger partial charge in [0.05, 0.1) is 10.5 Å². The van der Waals surface area contributed by atoms with Gasteiger partial charge < -0.3 is 5.73 Å². The molecule has 0 fully saturated rings. The first kappa shape index (κ1) is 14.7. The number of aromatic nitrogens is 1. The molecule has 5 nitrogen and oxygen atoms in total. The number of nitrogens with two attached hydrogens (primary N) is 1. The predicted molar refractivity (Wildman–Crippen MR) is 65.7 cm³/mol. The molecule has 1 aromatic carbocycles. The fraction of sp³-hybridized carbons (Fsp3) is 0.0833. The molecule has 0 saturated carbocycles. The third-order valence-corrected chi connectivity index (χ3v) is 2.64. The summed E-state index contributed by atoms with van der Waals surface area (Å²) in [6.45, 7) is 0. The Kier molecular flexibility index (Phi) is 3.50. The van der Waals surface area contributed by atoms with Crippen molar-refractivity contribution in [3.63, 3.8) is 0 Å². The number of rotatable bonds is 2. The molecule has 0 unspecified atom stereocenters.